The molecule has 3 rings (SSSR count). The van der Waals surface area contributed by atoms with Crippen molar-refractivity contribution in [2.24, 2.45) is 0 Å². The minimum Gasteiger partial charge on any atom is -0.478 e. The fraction of sp³-hybridized carbons (Fsp3) is 0.533. The lowest BCUT2D eigenvalue weighted by atomic mass is 10.0. The van der Waals surface area contributed by atoms with Gasteiger partial charge in [-0.25, -0.2) is 14.5 Å². The number of hydrogen-bond acceptors (Lipinski definition) is 5. The molecular formula is C15H20N4O3. The maximum absolute atomic E-state index is 11.6. The molecule has 1 saturated heterocycles. The molecule has 0 radical (unpaired) electrons. The summed E-state index contributed by atoms with van der Waals surface area (Å²) in [7, 11) is 1.94. The zero-order valence-corrected chi connectivity index (χ0v) is 12.8. The van der Waals surface area contributed by atoms with Crippen LogP contribution in [0.25, 0.3) is 11.0 Å². The SMILES string of the molecule is CCn1ncc2c(N(C)C3CCOCC3)c(C(=O)O)cnc21. The molecule has 1 N–H and O–H groups in total. The van der Waals surface area contributed by atoms with E-state index < -0.39 is 5.97 Å². The van der Waals surface area contributed by atoms with Crippen LogP contribution in [-0.2, 0) is 11.3 Å². The number of carbonyl (C=O) groups is 1. The lowest BCUT2D eigenvalue weighted by Gasteiger charge is -2.33. The van der Waals surface area contributed by atoms with Crippen LogP contribution in [0.3, 0.4) is 0 Å². The Balaban J connectivity index is 2.13. The number of carboxylic acids is 1. The molecule has 0 saturated carbocycles. The topological polar surface area (TPSA) is 80.5 Å². The molecule has 0 spiro atoms. The molecule has 7 nitrogen and oxygen atoms in total. The van der Waals surface area contributed by atoms with E-state index in [2.05, 4.69) is 15.0 Å². The molecule has 118 valence electrons. The Morgan fingerprint density at radius 2 is 2.18 bits per heavy atom. The van der Waals surface area contributed by atoms with Gasteiger partial charge in [0, 0.05) is 39.0 Å². The van der Waals surface area contributed by atoms with Crippen molar-refractivity contribution in [3.8, 4) is 0 Å². The Morgan fingerprint density at radius 3 is 2.82 bits per heavy atom. The van der Waals surface area contributed by atoms with Gasteiger partial charge in [-0.15, -0.1) is 0 Å². The second-order valence-corrected chi connectivity index (χ2v) is 5.48. The van der Waals surface area contributed by atoms with Gasteiger partial charge in [-0.05, 0) is 19.8 Å². The molecule has 0 aromatic carbocycles. The van der Waals surface area contributed by atoms with E-state index >= 15 is 0 Å². The number of pyridine rings is 1. The zero-order chi connectivity index (χ0) is 15.7. The van der Waals surface area contributed by atoms with Crippen LogP contribution in [0, 0.1) is 0 Å². The van der Waals surface area contributed by atoms with E-state index in [1.165, 1.54) is 6.20 Å². The first kappa shape index (κ1) is 14.8. The number of hydrogen-bond donors (Lipinski definition) is 1. The summed E-state index contributed by atoms with van der Waals surface area (Å²) in [5.74, 6) is -0.965. The van der Waals surface area contributed by atoms with Gasteiger partial charge >= 0.3 is 5.97 Å². The summed E-state index contributed by atoms with van der Waals surface area (Å²) in [6, 6.07) is 0.266. The molecular weight excluding hydrogens is 284 g/mol. The first-order valence-electron chi connectivity index (χ1n) is 7.51. The van der Waals surface area contributed by atoms with E-state index in [0.29, 0.717) is 25.4 Å². The van der Waals surface area contributed by atoms with Crippen molar-refractivity contribution in [2.75, 3.05) is 25.2 Å². The van der Waals surface area contributed by atoms with Crippen LogP contribution >= 0.6 is 0 Å². The average molecular weight is 304 g/mol. The standard InChI is InChI=1S/C15H20N4O3/c1-3-19-14-11(9-17-19)13(12(8-16-14)15(20)21)18(2)10-4-6-22-7-5-10/h8-10H,3-7H2,1-2H3,(H,20,21). The van der Waals surface area contributed by atoms with Gasteiger partial charge in [-0.1, -0.05) is 0 Å². The molecule has 3 heterocycles. The van der Waals surface area contributed by atoms with Crippen molar-refractivity contribution in [3.63, 3.8) is 0 Å². The molecule has 0 amide bonds. The lowest BCUT2D eigenvalue weighted by Crippen LogP contribution is -2.37. The molecule has 2 aromatic heterocycles. The maximum Gasteiger partial charge on any atom is 0.339 e. The van der Waals surface area contributed by atoms with Gasteiger partial charge in [0.15, 0.2) is 5.65 Å². The number of aryl methyl sites for hydroxylation is 1. The summed E-state index contributed by atoms with van der Waals surface area (Å²) >= 11 is 0. The highest BCUT2D eigenvalue weighted by atomic mass is 16.5. The first-order chi connectivity index (χ1) is 10.6. The molecule has 7 heteroatoms. The highest BCUT2D eigenvalue weighted by molar-refractivity contribution is 6.03. The molecule has 0 aliphatic carbocycles. The van der Waals surface area contributed by atoms with E-state index in [4.69, 9.17) is 4.74 Å². The van der Waals surface area contributed by atoms with E-state index in [9.17, 15) is 9.90 Å². The lowest BCUT2D eigenvalue weighted by molar-refractivity contribution is 0.0696. The number of aromatic carboxylic acids is 1. The third-order valence-electron chi connectivity index (χ3n) is 4.26. The molecule has 0 atom stereocenters. The summed E-state index contributed by atoms with van der Waals surface area (Å²) in [5, 5.41) is 14.6. The molecule has 1 aliphatic rings. The van der Waals surface area contributed by atoms with Crippen LogP contribution in [0.2, 0.25) is 0 Å². The number of anilines is 1. The van der Waals surface area contributed by atoms with Crippen LogP contribution in [0.4, 0.5) is 5.69 Å². The third-order valence-corrected chi connectivity index (χ3v) is 4.26. The van der Waals surface area contributed by atoms with Crippen molar-refractivity contribution in [3.05, 3.63) is 18.0 Å². The smallest absolute Gasteiger partial charge is 0.339 e. The largest absolute Gasteiger partial charge is 0.478 e. The van der Waals surface area contributed by atoms with Crippen molar-refractivity contribution in [1.29, 1.82) is 0 Å². The Kier molecular flexibility index (Phi) is 3.98. The minimum atomic E-state index is -0.965. The molecule has 0 unspecified atom stereocenters. The Morgan fingerprint density at radius 1 is 1.45 bits per heavy atom. The average Bonchev–Trinajstić information content (AvgIpc) is 2.97. The van der Waals surface area contributed by atoms with Crippen LogP contribution in [0.15, 0.2) is 12.4 Å². The Labute approximate surface area is 128 Å². The van der Waals surface area contributed by atoms with Crippen LogP contribution in [0.1, 0.15) is 30.1 Å². The van der Waals surface area contributed by atoms with Gasteiger partial charge in [0.05, 0.1) is 17.3 Å². The summed E-state index contributed by atoms with van der Waals surface area (Å²) in [6.45, 7) is 4.10. The van der Waals surface area contributed by atoms with Crippen molar-refractivity contribution >= 4 is 22.7 Å². The quantitative estimate of drug-likeness (QED) is 0.927. The zero-order valence-electron chi connectivity index (χ0n) is 12.8. The van der Waals surface area contributed by atoms with Crippen molar-refractivity contribution in [2.45, 2.75) is 32.4 Å². The van der Waals surface area contributed by atoms with Gasteiger partial charge in [-0.2, -0.15) is 5.10 Å². The van der Waals surface area contributed by atoms with E-state index in [0.717, 1.165) is 23.9 Å². The number of rotatable bonds is 4. The normalized spacial score (nSPS) is 16.1. The van der Waals surface area contributed by atoms with E-state index in [1.54, 1.807) is 10.9 Å². The Hall–Kier alpha value is -2.15. The third kappa shape index (κ3) is 2.41. The minimum absolute atomic E-state index is 0.220. The predicted molar refractivity (Wildman–Crippen MR) is 82.4 cm³/mol. The second-order valence-electron chi connectivity index (χ2n) is 5.48. The number of aromatic nitrogens is 3. The number of nitrogens with zero attached hydrogens (tertiary/aromatic N) is 4. The molecule has 2 aromatic rings. The fourth-order valence-corrected chi connectivity index (χ4v) is 3.04. The summed E-state index contributed by atoms with van der Waals surface area (Å²) in [6.07, 6.45) is 4.93. The van der Waals surface area contributed by atoms with Crippen LogP contribution in [0.5, 0.6) is 0 Å². The van der Waals surface area contributed by atoms with Crippen molar-refractivity contribution < 1.29 is 14.6 Å². The van der Waals surface area contributed by atoms with Gasteiger partial charge in [-0.3, -0.25) is 0 Å². The molecule has 22 heavy (non-hydrogen) atoms. The monoisotopic (exact) mass is 304 g/mol. The van der Waals surface area contributed by atoms with Gasteiger partial charge in [0.25, 0.3) is 0 Å². The van der Waals surface area contributed by atoms with E-state index in [-0.39, 0.29) is 11.6 Å². The first-order valence-corrected chi connectivity index (χ1v) is 7.51. The maximum atomic E-state index is 11.6. The summed E-state index contributed by atoms with van der Waals surface area (Å²) < 4.78 is 7.18. The van der Waals surface area contributed by atoms with Crippen LogP contribution < -0.4 is 4.90 Å². The van der Waals surface area contributed by atoms with Gasteiger partial charge < -0.3 is 14.7 Å². The van der Waals surface area contributed by atoms with Gasteiger partial charge in [0.1, 0.15) is 5.56 Å². The number of fused-ring (bicyclic) bond motifs is 1. The summed E-state index contributed by atoms with van der Waals surface area (Å²) in [5.41, 5.74) is 1.64. The molecule has 0 bridgehead atoms. The number of carboxylic acid groups (broad SMARTS) is 1. The Bertz CT molecular complexity index is 691. The molecule has 1 fully saturated rings. The highest BCUT2D eigenvalue weighted by Crippen LogP contribution is 2.32. The highest BCUT2D eigenvalue weighted by Gasteiger charge is 2.26. The summed E-state index contributed by atoms with van der Waals surface area (Å²) in [4.78, 5) is 18.0. The van der Waals surface area contributed by atoms with Crippen LogP contribution in [-0.4, -0.2) is 52.1 Å². The molecule has 1 aliphatic heterocycles. The number of ether oxygens (including phenoxy) is 1. The fourth-order valence-electron chi connectivity index (χ4n) is 3.04. The van der Waals surface area contributed by atoms with Gasteiger partial charge in [0.2, 0.25) is 0 Å². The van der Waals surface area contributed by atoms with Crippen molar-refractivity contribution in [1.82, 2.24) is 14.8 Å². The second kappa shape index (κ2) is 5.92. The van der Waals surface area contributed by atoms with E-state index in [1.807, 2.05) is 14.0 Å². The predicted octanol–water partition coefficient (Wildman–Crippen LogP) is 1.76.